The molecule has 0 aliphatic heterocycles. The second-order valence-corrected chi connectivity index (χ2v) is 11.9. The summed E-state index contributed by atoms with van der Waals surface area (Å²) in [5.74, 6) is -0.932. The second-order valence-electron chi connectivity index (χ2n) is 10.4. The van der Waals surface area contributed by atoms with Crippen molar-refractivity contribution in [3.63, 3.8) is 0 Å². The van der Waals surface area contributed by atoms with Crippen molar-refractivity contribution in [1.82, 2.24) is 10.6 Å². The summed E-state index contributed by atoms with van der Waals surface area (Å²) >= 11 is 0. The van der Waals surface area contributed by atoms with Crippen LogP contribution < -0.4 is 15.8 Å². The van der Waals surface area contributed by atoms with Crippen LogP contribution in [0.5, 0.6) is 0 Å². The zero-order valence-corrected chi connectivity index (χ0v) is 23.4. The molecule has 4 N–H and O–H groups in total. The number of rotatable bonds is 9. The Morgan fingerprint density at radius 2 is 1.10 bits per heavy atom. The fourth-order valence-electron chi connectivity index (χ4n) is 5.43. The van der Waals surface area contributed by atoms with E-state index in [-0.39, 0.29) is 28.5 Å². The van der Waals surface area contributed by atoms with Gasteiger partial charge in [-0.25, -0.2) is 13.6 Å². The molecule has 1 fully saturated rings. The van der Waals surface area contributed by atoms with E-state index in [1.807, 2.05) is 66.7 Å². The first-order valence-corrected chi connectivity index (χ1v) is 15.2. The summed E-state index contributed by atoms with van der Waals surface area (Å²) in [6.07, 6.45) is 2.20. The average Bonchev–Trinajstić information content (AvgIpc) is 3.50. The maximum atomic E-state index is 13.1. The molecule has 2 atom stereocenters. The summed E-state index contributed by atoms with van der Waals surface area (Å²) in [6.45, 7) is 0.730. The van der Waals surface area contributed by atoms with Crippen molar-refractivity contribution >= 4 is 21.8 Å². The molecule has 4 aromatic rings. The maximum absolute atomic E-state index is 13.1. The molecule has 1 aliphatic rings. The predicted octanol–water partition coefficient (Wildman–Crippen LogP) is 5.02. The van der Waals surface area contributed by atoms with Crippen molar-refractivity contribution in [2.75, 3.05) is 0 Å². The van der Waals surface area contributed by atoms with Gasteiger partial charge in [0.15, 0.2) is 0 Å². The number of hydrogen-bond donors (Lipinski definition) is 3. The molecule has 0 radical (unpaired) electrons. The van der Waals surface area contributed by atoms with E-state index < -0.39 is 10.0 Å². The lowest BCUT2D eigenvalue weighted by molar-refractivity contribution is -0.133. The van der Waals surface area contributed by atoms with Crippen molar-refractivity contribution < 1.29 is 18.0 Å². The van der Waals surface area contributed by atoms with Crippen molar-refractivity contribution in [3.8, 4) is 22.3 Å². The van der Waals surface area contributed by atoms with Crippen LogP contribution in [0.15, 0.2) is 108 Å². The van der Waals surface area contributed by atoms with Gasteiger partial charge in [0.25, 0.3) is 0 Å². The molecule has 2 amide bonds. The smallest absolute Gasteiger partial charge is 0.238 e. The number of nitrogens with one attached hydrogen (secondary N) is 2. The van der Waals surface area contributed by atoms with Crippen LogP contribution in [-0.2, 0) is 32.7 Å². The zero-order valence-electron chi connectivity index (χ0n) is 22.6. The van der Waals surface area contributed by atoms with Crippen LogP contribution in [-0.4, -0.2) is 20.2 Å². The van der Waals surface area contributed by atoms with Crippen molar-refractivity contribution in [1.29, 1.82) is 0 Å². The molecular formula is C33H33N3O4S. The number of carbonyl (C=O) groups excluding carboxylic acids is 2. The number of primary sulfonamides is 1. The van der Waals surface area contributed by atoms with Crippen LogP contribution in [0, 0.1) is 11.8 Å². The highest BCUT2D eigenvalue weighted by Crippen LogP contribution is 2.32. The molecule has 0 saturated heterocycles. The first-order chi connectivity index (χ1) is 19.8. The summed E-state index contributed by atoms with van der Waals surface area (Å²) in [5.41, 5.74) is 5.38. The van der Waals surface area contributed by atoms with E-state index in [4.69, 9.17) is 5.14 Å². The van der Waals surface area contributed by atoms with Gasteiger partial charge < -0.3 is 10.6 Å². The summed E-state index contributed by atoms with van der Waals surface area (Å²) in [7, 11) is -3.86. The van der Waals surface area contributed by atoms with Crippen molar-refractivity contribution in [2.45, 2.75) is 37.2 Å². The third kappa shape index (κ3) is 6.90. The number of hydrogen-bond acceptors (Lipinski definition) is 4. The van der Waals surface area contributed by atoms with E-state index >= 15 is 0 Å². The Balaban J connectivity index is 1.14. The van der Waals surface area contributed by atoms with Gasteiger partial charge in [-0.2, -0.15) is 0 Å². The monoisotopic (exact) mass is 567 g/mol. The van der Waals surface area contributed by atoms with E-state index in [9.17, 15) is 18.0 Å². The van der Waals surface area contributed by atoms with Crippen LogP contribution in [0.2, 0.25) is 0 Å². The number of benzene rings is 4. The molecule has 0 bridgehead atoms. The molecule has 1 aliphatic carbocycles. The van der Waals surface area contributed by atoms with Gasteiger partial charge in [0.05, 0.1) is 4.90 Å². The minimum Gasteiger partial charge on any atom is -0.352 e. The predicted molar refractivity (Wildman–Crippen MR) is 160 cm³/mol. The van der Waals surface area contributed by atoms with Gasteiger partial charge in [-0.05, 0) is 46.7 Å². The lowest BCUT2D eigenvalue weighted by Gasteiger charge is -2.19. The Morgan fingerprint density at radius 3 is 1.63 bits per heavy atom. The van der Waals surface area contributed by atoms with E-state index in [0.29, 0.717) is 37.1 Å². The molecule has 5 rings (SSSR count). The van der Waals surface area contributed by atoms with Gasteiger partial charge in [-0.3, -0.25) is 9.59 Å². The minimum atomic E-state index is -3.86. The molecule has 7 nitrogen and oxygen atoms in total. The van der Waals surface area contributed by atoms with Crippen molar-refractivity contribution in [3.05, 3.63) is 114 Å². The largest absolute Gasteiger partial charge is 0.352 e. The van der Waals surface area contributed by atoms with Crippen molar-refractivity contribution in [2.24, 2.45) is 17.0 Å². The minimum absolute atomic E-state index is 0.0656. The Bertz CT molecular complexity index is 1620. The standard InChI is InChI=1S/C33H33N3O4S/c34-41(39,40)31-12-5-4-9-28(31)27-19-15-24(16-20-27)22-36-33(38)30-11-6-10-29(30)32(37)35-21-23-13-17-26(18-14-23)25-7-2-1-3-8-25/h1-5,7-9,12-20,29-30H,6,10-11,21-22H2,(H,35,37)(H,36,38)(H2,34,39,40)/t29-,30-/m1/s1. The van der Waals surface area contributed by atoms with Gasteiger partial charge in [-0.1, -0.05) is 103 Å². The topological polar surface area (TPSA) is 118 Å². The van der Waals surface area contributed by atoms with Crippen LogP contribution >= 0.6 is 0 Å². The van der Waals surface area contributed by atoms with E-state index in [2.05, 4.69) is 22.8 Å². The zero-order chi connectivity index (χ0) is 28.8. The Morgan fingerprint density at radius 1 is 0.634 bits per heavy atom. The second kappa shape index (κ2) is 12.5. The summed E-state index contributed by atoms with van der Waals surface area (Å²) < 4.78 is 23.9. The highest BCUT2D eigenvalue weighted by atomic mass is 32.2. The highest BCUT2D eigenvalue weighted by Gasteiger charge is 2.37. The third-order valence-corrected chi connectivity index (χ3v) is 8.61. The normalized spacial score (nSPS) is 16.7. The molecule has 4 aromatic carbocycles. The Kier molecular flexibility index (Phi) is 8.61. The Hall–Kier alpha value is -4.27. The molecule has 8 heteroatoms. The first-order valence-electron chi connectivity index (χ1n) is 13.7. The number of nitrogens with two attached hydrogens (primary N) is 1. The summed E-state index contributed by atoms with van der Waals surface area (Å²) in [5, 5.41) is 11.4. The molecule has 1 saturated carbocycles. The lowest BCUT2D eigenvalue weighted by atomic mass is 9.94. The third-order valence-electron chi connectivity index (χ3n) is 7.64. The molecule has 0 unspecified atom stereocenters. The summed E-state index contributed by atoms with van der Waals surface area (Å²) in [6, 6.07) is 32.1. The fraction of sp³-hybridized carbons (Fsp3) is 0.212. The first kappa shape index (κ1) is 28.3. The van der Waals surface area contributed by atoms with E-state index in [1.54, 1.807) is 18.2 Å². The van der Waals surface area contributed by atoms with Gasteiger partial charge in [-0.15, -0.1) is 0 Å². The quantitative estimate of drug-likeness (QED) is 0.263. The van der Waals surface area contributed by atoms with E-state index in [1.165, 1.54) is 6.07 Å². The van der Waals surface area contributed by atoms with Crippen LogP contribution in [0.1, 0.15) is 30.4 Å². The van der Waals surface area contributed by atoms with Crippen LogP contribution in [0.4, 0.5) is 0 Å². The van der Waals surface area contributed by atoms with Gasteiger partial charge >= 0.3 is 0 Å². The molecular weight excluding hydrogens is 534 g/mol. The molecule has 41 heavy (non-hydrogen) atoms. The SMILES string of the molecule is NS(=O)(=O)c1ccccc1-c1ccc(CNC(=O)[C@@H]2CCC[C@H]2C(=O)NCc2ccc(-c3ccccc3)cc2)cc1. The molecule has 0 aromatic heterocycles. The molecule has 210 valence electrons. The lowest BCUT2D eigenvalue weighted by Crippen LogP contribution is -2.39. The fourth-order valence-corrected chi connectivity index (χ4v) is 6.19. The Labute approximate surface area is 240 Å². The molecule has 0 heterocycles. The van der Waals surface area contributed by atoms with Crippen LogP contribution in [0.25, 0.3) is 22.3 Å². The van der Waals surface area contributed by atoms with E-state index in [0.717, 1.165) is 28.7 Å². The van der Waals surface area contributed by atoms with Gasteiger partial charge in [0.2, 0.25) is 21.8 Å². The van der Waals surface area contributed by atoms with Gasteiger partial charge in [0.1, 0.15) is 0 Å². The number of sulfonamides is 1. The number of amides is 2. The maximum Gasteiger partial charge on any atom is 0.238 e. The highest BCUT2D eigenvalue weighted by molar-refractivity contribution is 7.89. The number of carbonyl (C=O) groups is 2. The average molecular weight is 568 g/mol. The van der Waals surface area contributed by atoms with Gasteiger partial charge in [0, 0.05) is 30.5 Å². The van der Waals surface area contributed by atoms with Crippen LogP contribution in [0.3, 0.4) is 0 Å². The summed E-state index contributed by atoms with van der Waals surface area (Å²) in [4.78, 5) is 26.1. The molecule has 0 spiro atoms.